The molecular weight excluding hydrogens is 250 g/mol. The van der Waals surface area contributed by atoms with Gasteiger partial charge in [-0.05, 0) is 36.1 Å². The number of benzene rings is 2. The van der Waals surface area contributed by atoms with Gasteiger partial charge in [-0.2, -0.15) is 0 Å². The van der Waals surface area contributed by atoms with Crippen LogP contribution in [0.25, 0.3) is 0 Å². The zero-order valence-electron chi connectivity index (χ0n) is 11.5. The molecule has 2 aromatic rings. The quantitative estimate of drug-likeness (QED) is 0.908. The van der Waals surface area contributed by atoms with Crippen molar-refractivity contribution in [1.29, 1.82) is 0 Å². The van der Waals surface area contributed by atoms with Crippen LogP contribution < -0.4 is 4.90 Å². The molecule has 0 bridgehead atoms. The first-order valence-corrected chi connectivity index (χ1v) is 6.81. The zero-order chi connectivity index (χ0) is 14.1. The Bertz CT molecular complexity index is 664. The summed E-state index contributed by atoms with van der Waals surface area (Å²) in [5.41, 5.74) is 4.93. The Hall–Kier alpha value is -2.29. The molecule has 0 aliphatic carbocycles. The van der Waals surface area contributed by atoms with Gasteiger partial charge in [-0.15, -0.1) is 0 Å². The fourth-order valence-corrected chi connectivity index (χ4v) is 2.94. The van der Waals surface area contributed by atoms with Crippen molar-refractivity contribution in [2.75, 3.05) is 11.4 Å². The number of carboxylic acids is 1. The third-order valence-corrected chi connectivity index (χ3v) is 3.92. The normalized spacial score (nSPS) is 13.9. The Morgan fingerprint density at radius 1 is 1.10 bits per heavy atom. The average Bonchev–Trinajstić information content (AvgIpc) is 2.46. The first-order valence-electron chi connectivity index (χ1n) is 6.81. The highest BCUT2D eigenvalue weighted by atomic mass is 16.4. The van der Waals surface area contributed by atoms with Gasteiger partial charge in [0.25, 0.3) is 0 Å². The van der Waals surface area contributed by atoms with Gasteiger partial charge in [0.05, 0.1) is 11.3 Å². The maximum atomic E-state index is 11.4. The number of anilines is 1. The summed E-state index contributed by atoms with van der Waals surface area (Å²) in [6.45, 7) is 3.62. The molecule has 1 aliphatic heterocycles. The standard InChI is InChI=1S/C17H17NO2/c1-12-5-4-8-15(17(19)20)16(12)18-10-9-13-6-2-3-7-14(13)11-18/h2-8H,9-11H2,1H3,(H,19,20). The summed E-state index contributed by atoms with van der Waals surface area (Å²) in [6, 6.07) is 13.8. The Balaban J connectivity index is 2.02. The van der Waals surface area contributed by atoms with Crippen molar-refractivity contribution in [3.05, 3.63) is 64.7 Å². The summed E-state index contributed by atoms with van der Waals surface area (Å²) in [5, 5.41) is 9.39. The van der Waals surface area contributed by atoms with E-state index >= 15 is 0 Å². The van der Waals surface area contributed by atoms with Gasteiger partial charge in [-0.3, -0.25) is 0 Å². The third kappa shape index (κ3) is 2.16. The molecule has 0 unspecified atom stereocenters. The van der Waals surface area contributed by atoms with E-state index in [1.54, 1.807) is 12.1 Å². The lowest BCUT2D eigenvalue weighted by molar-refractivity contribution is 0.0697. The van der Waals surface area contributed by atoms with Crippen molar-refractivity contribution >= 4 is 11.7 Å². The Morgan fingerprint density at radius 3 is 2.60 bits per heavy atom. The summed E-state index contributed by atoms with van der Waals surface area (Å²) >= 11 is 0. The van der Waals surface area contributed by atoms with E-state index in [1.807, 2.05) is 19.1 Å². The molecule has 3 rings (SSSR count). The van der Waals surface area contributed by atoms with Crippen LogP contribution in [0.15, 0.2) is 42.5 Å². The van der Waals surface area contributed by atoms with Crippen molar-refractivity contribution in [3.63, 3.8) is 0 Å². The number of para-hydroxylation sites is 1. The molecule has 0 saturated carbocycles. The minimum absolute atomic E-state index is 0.393. The Kier molecular flexibility index (Phi) is 3.18. The maximum Gasteiger partial charge on any atom is 0.337 e. The predicted octanol–water partition coefficient (Wildman–Crippen LogP) is 3.26. The number of hydrogen-bond donors (Lipinski definition) is 1. The molecular formula is C17H17NO2. The van der Waals surface area contributed by atoms with Crippen molar-refractivity contribution < 1.29 is 9.90 Å². The van der Waals surface area contributed by atoms with Crippen LogP contribution in [0.4, 0.5) is 5.69 Å². The number of aromatic carboxylic acids is 1. The molecule has 0 fully saturated rings. The van der Waals surface area contributed by atoms with Crippen molar-refractivity contribution in [3.8, 4) is 0 Å². The number of hydrogen-bond acceptors (Lipinski definition) is 2. The molecule has 20 heavy (non-hydrogen) atoms. The van der Waals surface area contributed by atoms with E-state index in [9.17, 15) is 9.90 Å². The van der Waals surface area contributed by atoms with Crippen molar-refractivity contribution in [2.45, 2.75) is 19.9 Å². The first-order chi connectivity index (χ1) is 9.66. The molecule has 0 atom stereocenters. The minimum atomic E-state index is -0.859. The molecule has 102 valence electrons. The number of carbonyl (C=O) groups is 1. The highest BCUT2D eigenvalue weighted by molar-refractivity contribution is 5.95. The molecule has 1 N–H and O–H groups in total. The molecule has 0 radical (unpaired) electrons. The van der Waals surface area contributed by atoms with Gasteiger partial charge in [0.1, 0.15) is 0 Å². The van der Waals surface area contributed by atoms with Crippen molar-refractivity contribution in [2.24, 2.45) is 0 Å². The molecule has 0 amide bonds. The van der Waals surface area contributed by atoms with Crippen LogP contribution in [-0.2, 0) is 13.0 Å². The van der Waals surface area contributed by atoms with E-state index in [4.69, 9.17) is 0 Å². The van der Waals surface area contributed by atoms with Crippen LogP contribution in [-0.4, -0.2) is 17.6 Å². The van der Waals surface area contributed by atoms with Gasteiger partial charge in [0.15, 0.2) is 0 Å². The van der Waals surface area contributed by atoms with E-state index in [-0.39, 0.29) is 0 Å². The highest BCUT2D eigenvalue weighted by Crippen LogP contribution is 2.30. The zero-order valence-corrected chi connectivity index (χ0v) is 11.5. The van der Waals surface area contributed by atoms with Gasteiger partial charge in [0.2, 0.25) is 0 Å². The molecule has 1 aliphatic rings. The van der Waals surface area contributed by atoms with Crippen LogP contribution in [0.1, 0.15) is 27.0 Å². The maximum absolute atomic E-state index is 11.4. The third-order valence-electron chi connectivity index (χ3n) is 3.92. The molecule has 3 nitrogen and oxygen atoms in total. The highest BCUT2D eigenvalue weighted by Gasteiger charge is 2.22. The number of carboxylic acid groups (broad SMARTS) is 1. The van der Waals surface area contributed by atoms with Gasteiger partial charge in [-0.1, -0.05) is 36.4 Å². The molecule has 3 heteroatoms. The summed E-state index contributed by atoms with van der Waals surface area (Å²) in [5.74, 6) is -0.859. The Morgan fingerprint density at radius 2 is 1.85 bits per heavy atom. The van der Waals surface area contributed by atoms with Crippen molar-refractivity contribution in [1.82, 2.24) is 0 Å². The van der Waals surface area contributed by atoms with Gasteiger partial charge >= 0.3 is 5.97 Å². The lowest BCUT2D eigenvalue weighted by Gasteiger charge is -2.32. The fourth-order valence-electron chi connectivity index (χ4n) is 2.94. The number of fused-ring (bicyclic) bond motifs is 1. The van der Waals surface area contributed by atoms with Gasteiger partial charge < -0.3 is 10.0 Å². The van der Waals surface area contributed by atoms with Crippen LogP contribution in [0.5, 0.6) is 0 Å². The van der Waals surface area contributed by atoms with Crippen LogP contribution in [0, 0.1) is 6.92 Å². The van der Waals surface area contributed by atoms with Gasteiger partial charge in [0, 0.05) is 13.1 Å². The average molecular weight is 267 g/mol. The van der Waals surface area contributed by atoms with Crippen LogP contribution >= 0.6 is 0 Å². The fraction of sp³-hybridized carbons (Fsp3) is 0.235. The molecule has 0 spiro atoms. The monoisotopic (exact) mass is 267 g/mol. The molecule has 1 heterocycles. The van der Waals surface area contributed by atoms with Crippen LogP contribution in [0.2, 0.25) is 0 Å². The Labute approximate surface area is 118 Å². The summed E-state index contributed by atoms with van der Waals surface area (Å²) in [7, 11) is 0. The van der Waals surface area contributed by atoms with E-state index in [2.05, 4.69) is 23.1 Å². The lowest BCUT2D eigenvalue weighted by atomic mass is 9.97. The topological polar surface area (TPSA) is 40.5 Å². The van der Waals surface area contributed by atoms with Crippen LogP contribution in [0.3, 0.4) is 0 Å². The smallest absolute Gasteiger partial charge is 0.337 e. The van der Waals surface area contributed by atoms with E-state index in [0.717, 1.165) is 30.8 Å². The SMILES string of the molecule is Cc1cccc(C(=O)O)c1N1CCc2ccccc2C1. The summed E-state index contributed by atoms with van der Waals surface area (Å²) in [4.78, 5) is 13.6. The lowest BCUT2D eigenvalue weighted by Crippen LogP contribution is -2.32. The summed E-state index contributed by atoms with van der Waals surface area (Å²) in [6.07, 6.45) is 0.962. The largest absolute Gasteiger partial charge is 0.478 e. The molecule has 0 saturated heterocycles. The van der Waals surface area contributed by atoms with Gasteiger partial charge in [-0.25, -0.2) is 4.79 Å². The number of aryl methyl sites for hydroxylation is 1. The minimum Gasteiger partial charge on any atom is -0.478 e. The predicted molar refractivity (Wildman–Crippen MR) is 79.3 cm³/mol. The molecule has 2 aromatic carbocycles. The second-order valence-electron chi connectivity index (χ2n) is 5.22. The first kappa shape index (κ1) is 12.7. The molecule has 0 aromatic heterocycles. The number of nitrogens with zero attached hydrogens (tertiary/aromatic N) is 1. The second kappa shape index (κ2) is 5.00. The van der Waals surface area contributed by atoms with E-state index in [1.165, 1.54) is 11.1 Å². The summed E-state index contributed by atoms with van der Waals surface area (Å²) < 4.78 is 0. The number of rotatable bonds is 2. The second-order valence-corrected chi connectivity index (χ2v) is 5.22. The van der Waals surface area contributed by atoms with E-state index in [0.29, 0.717) is 5.56 Å². The van der Waals surface area contributed by atoms with E-state index < -0.39 is 5.97 Å².